The summed E-state index contributed by atoms with van der Waals surface area (Å²) >= 11 is 0. The molecule has 39 heavy (non-hydrogen) atoms. The van der Waals surface area contributed by atoms with Crippen molar-refractivity contribution in [3.05, 3.63) is 50.3 Å². The molecule has 13 nitrogen and oxygen atoms in total. The second-order valence-corrected chi connectivity index (χ2v) is 9.30. The van der Waals surface area contributed by atoms with Gasteiger partial charge in [0.2, 0.25) is 0 Å². The Hall–Kier alpha value is -4.26. The van der Waals surface area contributed by atoms with Gasteiger partial charge in [0.1, 0.15) is 12.7 Å². The minimum absolute atomic E-state index is 0.191. The number of nitrogens with zero attached hydrogens (tertiary/aromatic N) is 2. The van der Waals surface area contributed by atoms with E-state index in [1.54, 1.807) is 25.1 Å². The van der Waals surface area contributed by atoms with E-state index in [0.29, 0.717) is 16.6 Å². The number of benzene rings is 1. The van der Waals surface area contributed by atoms with Gasteiger partial charge in [-0.1, -0.05) is 12.1 Å². The molecule has 0 amide bonds. The predicted molar refractivity (Wildman–Crippen MR) is 133 cm³/mol. The summed E-state index contributed by atoms with van der Waals surface area (Å²) in [6.45, 7) is 7.44. The topological polar surface area (TPSA) is 158 Å². The van der Waals surface area contributed by atoms with E-state index in [0.717, 1.165) is 37.8 Å². The first-order valence-corrected chi connectivity index (χ1v) is 12.1. The van der Waals surface area contributed by atoms with Crippen LogP contribution in [-0.2, 0) is 42.9 Å². The molecule has 1 aromatic carbocycles. The third-order valence-electron chi connectivity index (χ3n) is 6.61. The van der Waals surface area contributed by atoms with E-state index in [2.05, 4.69) is 0 Å². The van der Waals surface area contributed by atoms with Gasteiger partial charge in [0.15, 0.2) is 24.5 Å². The molecule has 1 aliphatic heterocycles. The third-order valence-corrected chi connectivity index (χ3v) is 6.61. The smallest absolute Gasteiger partial charge is 0.338 e. The molecule has 0 radical (unpaired) electrons. The van der Waals surface area contributed by atoms with E-state index < -0.39 is 72.4 Å². The van der Waals surface area contributed by atoms with Crippen molar-refractivity contribution in [3.8, 4) is 0 Å². The summed E-state index contributed by atoms with van der Waals surface area (Å²) in [4.78, 5) is 75.6. The van der Waals surface area contributed by atoms with Crippen LogP contribution in [0.4, 0.5) is 0 Å². The molecule has 0 saturated carbocycles. The average molecular weight is 545 g/mol. The molecule has 0 aliphatic carbocycles. The van der Waals surface area contributed by atoms with Crippen molar-refractivity contribution in [1.29, 1.82) is 0 Å². The van der Waals surface area contributed by atoms with Crippen LogP contribution < -0.4 is 11.2 Å². The van der Waals surface area contributed by atoms with E-state index >= 15 is 0 Å². The molecule has 1 fully saturated rings. The van der Waals surface area contributed by atoms with E-state index in [1.165, 1.54) is 4.40 Å². The van der Waals surface area contributed by atoms with Gasteiger partial charge < -0.3 is 23.7 Å². The Morgan fingerprint density at radius 1 is 0.821 bits per heavy atom. The van der Waals surface area contributed by atoms with Crippen molar-refractivity contribution in [2.45, 2.75) is 72.2 Å². The third kappa shape index (κ3) is 4.97. The van der Waals surface area contributed by atoms with Crippen molar-refractivity contribution >= 4 is 40.2 Å². The molecule has 1 aliphatic rings. The minimum atomic E-state index is -1.66. The second kappa shape index (κ2) is 10.5. The maximum atomic E-state index is 13.9. The molecule has 0 unspecified atom stereocenters. The molecule has 0 spiro atoms. The highest BCUT2D eigenvalue weighted by Gasteiger charge is 2.53. The first-order valence-electron chi connectivity index (χ1n) is 12.1. The van der Waals surface area contributed by atoms with Crippen LogP contribution in [0.15, 0.2) is 27.8 Å². The lowest BCUT2D eigenvalue weighted by Gasteiger charge is -2.44. The fraction of sp³-hybridized carbons (Fsp3) is 0.462. The summed E-state index contributed by atoms with van der Waals surface area (Å²) < 4.78 is 29.5. The van der Waals surface area contributed by atoms with Gasteiger partial charge in [-0.15, -0.1) is 0 Å². The average Bonchev–Trinajstić information content (AvgIpc) is 3.10. The second-order valence-electron chi connectivity index (χ2n) is 9.30. The van der Waals surface area contributed by atoms with Crippen molar-refractivity contribution in [2.24, 2.45) is 0 Å². The number of hydrogen-bond donors (Lipinski definition) is 0. The Morgan fingerprint density at radius 3 is 1.97 bits per heavy atom. The van der Waals surface area contributed by atoms with Crippen LogP contribution in [-0.4, -0.2) is 63.9 Å². The summed E-state index contributed by atoms with van der Waals surface area (Å²) in [7, 11) is 0. The molecular formula is C26H28N2O11. The summed E-state index contributed by atoms with van der Waals surface area (Å²) in [6.07, 6.45) is -7.52. The number of para-hydroxylation sites is 1. The predicted octanol–water partition coefficient (Wildman–Crippen LogP) is 0.925. The van der Waals surface area contributed by atoms with Gasteiger partial charge in [0.05, 0.1) is 10.9 Å². The van der Waals surface area contributed by atoms with Crippen LogP contribution in [0.5, 0.6) is 0 Å². The van der Waals surface area contributed by atoms with E-state index in [1.807, 2.05) is 6.92 Å². The zero-order chi connectivity index (χ0) is 28.8. The molecule has 1 saturated heterocycles. The highest BCUT2D eigenvalue weighted by atomic mass is 16.7. The largest absolute Gasteiger partial charge is 0.463 e. The highest BCUT2D eigenvalue weighted by Crippen LogP contribution is 2.34. The zero-order valence-corrected chi connectivity index (χ0v) is 22.2. The van der Waals surface area contributed by atoms with Gasteiger partial charge in [0.25, 0.3) is 5.56 Å². The molecule has 4 rings (SSSR count). The molecule has 3 heterocycles. The minimum Gasteiger partial charge on any atom is -0.463 e. The van der Waals surface area contributed by atoms with Crippen LogP contribution in [0.3, 0.4) is 0 Å². The fourth-order valence-electron chi connectivity index (χ4n) is 4.99. The first kappa shape index (κ1) is 27.8. The van der Waals surface area contributed by atoms with Gasteiger partial charge >= 0.3 is 29.6 Å². The molecule has 5 atom stereocenters. The summed E-state index contributed by atoms with van der Waals surface area (Å²) in [5.74, 6) is -3.17. The molecule has 2 aromatic heterocycles. The number of carbonyl (C=O) groups excluding carboxylic acids is 4. The standard InChI is InChI=1S/C26H28N2O11/c1-11-12(2)27-20-17(11)8-7-9-18(20)24(33)28(26(27)34)25-23(38-16(6)32)22(37-15(5)31)21(36-14(4)30)19(39-25)10-35-13(3)29/h7-9,19,21-23,25H,10H2,1-6H3/t19-,21-,22+,23-,25-/m1/s1. The van der Waals surface area contributed by atoms with Crippen molar-refractivity contribution in [1.82, 2.24) is 8.97 Å². The van der Waals surface area contributed by atoms with Crippen LogP contribution >= 0.6 is 0 Å². The number of aromatic nitrogens is 2. The SMILES string of the molecule is CC(=O)OC[C@H]1O[C@@H](n2c(=O)c3cccc4c(C)c(C)n(c2=O)c43)[C@H](OC(C)=O)[C@@H](OC(C)=O)[C@@H]1OC(C)=O. The molecular weight excluding hydrogens is 516 g/mol. The highest BCUT2D eigenvalue weighted by molar-refractivity contribution is 5.98. The number of hydrogen-bond acceptors (Lipinski definition) is 11. The Balaban J connectivity index is 2.00. The zero-order valence-electron chi connectivity index (χ0n) is 22.2. The molecule has 0 N–H and O–H groups in total. The van der Waals surface area contributed by atoms with Crippen LogP contribution in [0.1, 0.15) is 45.2 Å². The molecule has 3 aromatic rings. The van der Waals surface area contributed by atoms with Gasteiger partial charge in [-0.25, -0.2) is 9.36 Å². The first-order chi connectivity index (χ1) is 18.3. The fourth-order valence-corrected chi connectivity index (χ4v) is 4.99. The van der Waals surface area contributed by atoms with Crippen molar-refractivity contribution in [2.75, 3.05) is 6.61 Å². The van der Waals surface area contributed by atoms with Crippen LogP contribution in [0.25, 0.3) is 16.3 Å². The number of carbonyl (C=O) groups is 4. The lowest BCUT2D eigenvalue weighted by atomic mass is 9.97. The van der Waals surface area contributed by atoms with E-state index in [-0.39, 0.29) is 5.39 Å². The maximum absolute atomic E-state index is 13.9. The van der Waals surface area contributed by atoms with Crippen LogP contribution in [0, 0.1) is 13.8 Å². The van der Waals surface area contributed by atoms with Gasteiger partial charge in [-0.05, 0) is 25.5 Å². The van der Waals surface area contributed by atoms with E-state index in [9.17, 15) is 28.8 Å². The Bertz CT molecular complexity index is 1590. The summed E-state index contributed by atoms with van der Waals surface area (Å²) in [6, 6.07) is 5.01. The Morgan fingerprint density at radius 2 is 1.38 bits per heavy atom. The number of ether oxygens (including phenoxy) is 5. The van der Waals surface area contributed by atoms with Crippen molar-refractivity contribution in [3.63, 3.8) is 0 Å². The lowest BCUT2D eigenvalue weighted by molar-refractivity contribution is -0.269. The quantitative estimate of drug-likeness (QED) is 0.321. The number of rotatable bonds is 6. The molecule has 0 bridgehead atoms. The molecule has 208 valence electrons. The number of aryl methyl sites for hydroxylation is 2. The Labute approximate surface area is 221 Å². The van der Waals surface area contributed by atoms with Crippen LogP contribution in [0.2, 0.25) is 0 Å². The van der Waals surface area contributed by atoms with Crippen molar-refractivity contribution < 1.29 is 42.9 Å². The number of esters is 4. The summed E-state index contributed by atoms with van der Waals surface area (Å²) in [5.41, 5.74) is 0.234. The Kier molecular flexibility index (Phi) is 7.46. The monoisotopic (exact) mass is 544 g/mol. The lowest BCUT2D eigenvalue weighted by Crippen LogP contribution is -2.62. The molecule has 13 heteroatoms. The van der Waals surface area contributed by atoms with E-state index in [4.69, 9.17) is 23.7 Å². The normalized spacial score (nSPS) is 23.0. The maximum Gasteiger partial charge on any atom is 0.338 e. The van der Waals surface area contributed by atoms with Gasteiger partial charge in [-0.2, -0.15) is 0 Å². The van der Waals surface area contributed by atoms with Gasteiger partial charge in [0, 0.05) is 38.8 Å². The van der Waals surface area contributed by atoms with Gasteiger partial charge in [-0.3, -0.25) is 28.4 Å². The summed E-state index contributed by atoms with van der Waals surface area (Å²) in [5, 5.41) is 0.907.